The summed E-state index contributed by atoms with van der Waals surface area (Å²) in [7, 11) is 0. The van der Waals surface area contributed by atoms with Gasteiger partial charge in [0.2, 0.25) is 5.91 Å². The Morgan fingerprint density at radius 1 is 1.53 bits per heavy atom. The van der Waals surface area contributed by atoms with Crippen molar-refractivity contribution in [3.05, 3.63) is 0 Å². The van der Waals surface area contributed by atoms with E-state index in [0.29, 0.717) is 12.5 Å². The Morgan fingerprint density at radius 2 is 2.24 bits per heavy atom. The number of piperidine rings is 1. The van der Waals surface area contributed by atoms with Gasteiger partial charge < -0.3 is 15.3 Å². The standard InChI is InChI=1S/C12H22N2O3/c1-3-10-5-4-6-14(7-10)8-11(12(16)17)13-9(2)15/h10-11H,3-8H2,1-2H3,(H,13,15)(H,16,17). The van der Waals surface area contributed by atoms with Crippen LogP contribution < -0.4 is 5.32 Å². The number of amides is 1. The number of nitrogens with one attached hydrogen (secondary N) is 1. The summed E-state index contributed by atoms with van der Waals surface area (Å²) in [5, 5.41) is 11.5. The lowest BCUT2D eigenvalue weighted by atomic mass is 9.95. The van der Waals surface area contributed by atoms with E-state index < -0.39 is 12.0 Å². The van der Waals surface area contributed by atoms with Crippen LogP contribution >= 0.6 is 0 Å². The summed E-state index contributed by atoms with van der Waals surface area (Å²) in [6.45, 7) is 5.79. The monoisotopic (exact) mass is 242 g/mol. The summed E-state index contributed by atoms with van der Waals surface area (Å²) in [4.78, 5) is 24.1. The van der Waals surface area contributed by atoms with Crippen LogP contribution in [0.25, 0.3) is 0 Å². The molecule has 0 spiro atoms. The van der Waals surface area contributed by atoms with Crippen molar-refractivity contribution < 1.29 is 14.7 Å². The number of rotatable bonds is 5. The van der Waals surface area contributed by atoms with E-state index in [9.17, 15) is 9.59 Å². The first kappa shape index (κ1) is 14.0. The Hall–Kier alpha value is -1.10. The van der Waals surface area contributed by atoms with Crippen molar-refractivity contribution in [3.63, 3.8) is 0 Å². The van der Waals surface area contributed by atoms with Crippen LogP contribution in [-0.2, 0) is 9.59 Å². The fraction of sp³-hybridized carbons (Fsp3) is 0.833. The lowest BCUT2D eigenvalue weighted by Gasteiger charge is -2.33. The van der Waals surface area contributed by atoms with Crippen molar-refractivity contribution in [3.8, 4) is 0 Å². The fourth-order valence-electron chi connectivity index (χ4n) is 2.34. The quantitative estimate of drug-likeness (QED) is 0.744. The molecule has 0 aliphatic carbocycles. The molecule has 1 aliphatic rings. The summed E-state index contributed by atoms with van der Waals surface area (Å²) in [5.41, 5.74) is 0. The number of aliphatic carboxylic acids is 1. The number of carbonyl (C=O) groups excluding carboxylic acids is 1. The SMILES string of the molecule is CCC1CCCN(CC(NC(C)=O)C(=O)O)C1. The van der Waals surface area contributed by atoms with Crippen LogP contribution in [0.3, 0.4) is 0 Å². The molecule has 0 radical (unpaired) electrons. The second-order valence-electron chi connectivity index (χ2n) is 4.77. The zero-order valence-corrected chi connectivity index (χ0v) is 10.6. The number of hydrogen-bond acceptors (Lipinski definition) is 3. The molecule has 0 bridgehead atoms. The first-order valence-corrected chi connectivity index (χ1v) is 6.25. The lowest BCUT2D eigenvalue weighted by Crippen LogP contribution is -2.50. The van der Waals surface area contributed by atoms with Gasteiger partial charge >= 0.3 is 5.97 Å². The van der Waals surface area contributed by atoms with Crippen LogP contribution in [0, 0.1) is 5.92 Å². The van der Waals surface area contributed by atoms with E-state index in [4.69, 9.17) is 5.11 Å². The number of hydrogen-bond donors (Lipinski definition) is 2. The first-order chi connectivity index (χ1) is 8.02. The van der Waals surface area contributed by atoms with Crippen molar-refractivity contribution in [1.82, 2.24) is 10.2 Å². The molecule has 1 fully saturated rings. The zero-order chi connectivity index (χ0) is 12.8. The van der Waals surface area contributed by atoms with E-state index >= 15 is 0 Å². The van der Waals surface area contributed by atoms with Gasteiger partial charge in [0.25, 0.3) is 0 Å². The van der Waals surface area contributed by atoms with Gasteiger partial charge in [-0.25, -0.2) is 4.79 Å². The maximum atomic E-state index is 11.0. The molecule has 2 atom stereocenters. The third-order valence-electron chi connectivity index (χ3n) is 3.30. The molecule has 0 aromatic rings. The normalized spacial score (nSPS) is 23.1. The molecule has 98 valence electrons. The average molecular weight is 242 g/mol. The number of carboxylic acids is 1. The van der Waals surface area contributed by atoms with E-state index in [1.165, 1.54) is 13.3 Å². The van der Waals surface area contributed by atoms with Gasteiger partial charge in [-0.15, -0.1) is 0 Å². The average Bonchev–Trinajstić information content (AvgIpc) is 2.27. The molecule has 5 heteroatoms. The maximum absolute atomic E-state index is 11.0. The highest BCUT2D eigenvalue weighted by atomic mass is 16.4. The Balaban J connectivity index is 2.48. The van der Waals surface area contributed by atoms with Crippen molar-refractivity contribution in [2.75, 3.05) is 19.6 Å². The molecule has 0 aromatic carbocycles. The van der Waals surface area contributed by atoms with Gasteiger partial charge in [0.05, 0.1) is 0 Å². The molecule has 1 heterocycles. The zero-order valence-electron chi connectivity index (χ0n) is 10.6. The Labute approximate surface area is 102 Å². The molecule has 0 aromatic heterocycles. The summed E-state index contributed by atoms with van der Waals surface area (Å²) in [6, 6.07) is -0.789. The third-order valence-corrected chi connectivity index (χ3v) is 3.30. The molecular formula is C12H22N2O3. The summed E-state index contributed by atoms with van der Waals surface area (Å²) in [6.07, 6.45) is 3.48. The predicted molar refractivity (Wildman–Crippen MR) is 64.7 cm³/mol. The summed E-state index contributed by atoms with van der Waals surface area (Å²) < 4.78 is 0. The Morgan fingerprint density at radius 3 is 2.76 bits per heavy atom. The molecule has 1 rings (SSSR count). The third kappa shape index (κ3) is 4.73. The number of carboxylic acid groups (broad SMARTS) is 1. The van der Waals surface area contributed by atoms with E-state index in [1.807, 2.05) is 0 Å². The lowest BCUT2D eigenvalue weighted by molar-refractivity contribution is -0.142. The van der Waals surface area contributed by atoms with Crippen LogP contribution in [0.1, 0.15) is 33.1 Å². The summed E-state index contributed by atoms with van der Waals surface area (Å²) >= 11 is 0. The molecule has 2 N–H and O–H groups in total. The van der Waals surface area contributed by atoms with Gasteiger partial charge in [0.15, 0.2) is 0 Å². The second-order valence-corrected chi connectivity index (χ2v) is 4.77. The first-order valence-electron chi connectivity index (χ1n) is 6.25. The van der Waals surface area contributed by atoms with Crippen LogP contribution in [-0.4, -0.2) is 47.6 Å². The molecular weight excluding hydrogens is 220 g/mol. The van der Waals surface area contributed by atoms with Gasteiger partial charge in [0, 0.05) is 20.0 Å². The molecule has 5 nitrogen and oxygen atoms in total. The van der Waals surface area contributed by atoms with Crippen molar-refractivity contribution in [1.29, 1.82) is 0 Å². The van der Waals surface area contributed by atoms with Crippen LogP contribution in [0.15, 0.2) is 0 Å². The van der Waals surface area contributed by atoms with E-state index in [2.05, 4.69) is 17.1 Å². The molecule has 2 unspecified atom stereocenters. The minimum Gasteiger partial charge on any atom is -0.480 e. The number of nitrogens with zero attached hydrogens (tertiary/aromatic N) is 1. The number of carbonyl (C=O) groups is 2. The molecule has 1 aliphatic heterocycles. The predicted octanol–water partition coefficient (Wildman–Crippen LogP) is 0.698. The molecule has 1 saturated heterocycles. The van der Waals surface area contributed by atoms with Crippen LogP contribution in [0.2, 0.25) is 0 Å². The van der Waals surface area contributed by atoms with Gasteiger partial charge in [0.1, 0.15) is 6.04 Å². The van der Waals surface area contributed by atoms with E-state index in [0.717, 1.165) is 25.9 Å². The molecule has 0 saturated carbocycles. The minimum atomic E-state index is -0.959. The highest BCUT2D eigenvalue weighted by Gasteiger charge is 2.25. The van der Waals surface area contributed by atoms with E-state index in [-0.39, 0.29) is 5.91 Å². The highest BCUT2D eigenvalue weighted by molar-refractivity contribution is 5.82. The fourth-order valence-corrected chi connectivity index (χ4v) is 2.34. The highest BCUT2D eigenvalue weighted by Crippen LogP contribution is 2.19. The van der Waals surface area contributed by atoms with Gasteiger partial charge in [-0.2, -0.15) is 0 Å². The van der Waals surface area contributed by atoms with Crippen LogP contribution in [0.5, 0.6) is 0 Å². The van der Waals surface area contributed by atoms with Crippen molar-refractivity contribution in [2.45, 2.75) is 39.2 Å². The molecule has 17 heavy (non-hydrogen) atoms. The van der Waals surface area contributed by atoms with E-state index in [1.54, 1.807) is 0 Å². The Kier molecular flexibility index (Phi) is 5.41. The molecule has 1 amide bonds. The maximum Gasteiger partial charge on any atom is 0.327 e. The largest absolute Gasteiger partial charge is 0.480 e. The smallest absolute Gasteiger partial charge is 0.327 e. The Bertz CT molecular complexity index is 281. The van der Waals surface area contributed by atoms with Crippen LogP contribution in [0.4, 0.5) is 0 Å². The summed E-state index contributed by atoms with van der Waals surface area (Å²) in [5.74, 6) is -0.587. The number of likely N-dealkylation sites (tertiary alicyclic amines) is 1. The van der Waals surface area contributed by atoms with Gasteiger partial charge in [-0.05, 0) is 25.3 Å². The van der Waals surface area contributed by atoms with Crippen molar-refractivity contribution >= 4 is 11.9 Å². The topological polar surface area (TPSA) is 69.6 Å². The van der Waals surface area contributed by atoms with Gasteiger partial charge in [-0.3, -0.25) is 4.79 Å². The minimum absolute atomic E-state index is 0.290. The van der Waals surface area contributed by atoms with Gasteiger partial charge in [-0.1, -0.05) is 13.3 Å². The van der Waals surface area contributed by atoms with Crippen molar-refractivity contribution in [2.24, 2.45) is 5.92 Å². The second kappa shape index (κ2) is 6.59.